The van der Waals surface area contributed by atoms with Crippen molar-refractivity contribution in [3.8, 4) is 0 Å². The van der Waals surface area contributed by atoms with Gasteiger partial charge in [-0.3, -0.25) is 4.79 Å². The van der Waals surface area contributed by atoms with Gasteiger partial charge in [-0.2, -0.15) is 18.3 Å². The zero-order chi connectivity index (χ0) is 25.4. The molecular weight excluding hydrogens is 487 g/mol. The maximum atomic E-state index is 14.3. The number of aryl methyl sites for hydroxylation is 1. The van der Waals surface area contributed by atoms with Gasteiger partial charge in [0.15, 0.2) is 0 Å². The summed E-state index contributed by atoms with van der Waals surface area (Å²) in [5, 5.41) is 4.40. The Kier molecular flexibility index (Phi) is 7.10. The molecule has 1 aliphatic rings. The van der Waals surface area contributed by atoms with E-state index >= 15 is 0 Å². The number of amides is 1. The first kappa shape index (κ1) is 25.3. The molecule has 0 bridgehead atoms. The van der Waals surface area contributed by atoms with Crippen LogP contribution >= 0.6 is 11.6 Å². The molecule has 7 nitrogen and oxygen atoms in total. The predicted octanol–water partition coefficient (Wildman–Crippen LogP) is 4.50. The van der Waals surface area contributed by atoms with Crippen LogP contribution in [0.2, 0.25) is 5.02 Å². The lowest BCUT2D eigenvalue weighted by Gasteiger charge is -2.27. The molecule has 182 valence electrons. The number of esters is 1. The normalized spacial score (nSPS) is 15.9. The lowest BCUT2D eigenvalue weighted by molar-refractivity contribution is -0.137. The number of anilines is 2. The van der Waals surface area contributed by atoms with Crippen LogP contribution in [0.25, 0.3) is 0 Å². The van der Waals surface area contributed by atoms with Gasteiger partial charge in [0.1, 0.15) is 29.2 Å². The maximum Gasteiger partial charge on any atom is 0.416 e. The Labute approximate surface area is 195 Å². The highest BCUT2D eigenvalue weighted by atomic mass is 35.5. The van der Waals surface area contributed by atoms with Gasteiger partial charge in [0.05, 0.1) is 22.9 Å². The zero-order valence-corrected chi connectivity index (χ0v) is 18.8. The summed E-state index contributed by atoms with van der Waals surface area (Å²) in [5.74, 6) is -4.22. The second kappa shape index (κ2) is 9.53. The highest BCUT2D eigenvalue weighted by molar-refractivity contribution is 6.38. The smallest absolute Gasteiger partial charge is 0.416 e. The van der Waals surface area contributed by atoms with E-state index in [9.17, 15) is 31.5 Å². The molecule has 0 N–H and O–H groups in total. The number of hydrogen-bond acceptors (Lipinski definition) is 6. The van der Waals surface area contributed by atoms with Crippen LogP contribution in [-0.2, 0) is 20.5 Å². The minimum absolute atomic E-state index is 0.00340. The fourth-order valence-corrected chi connectivity index (χ4v) is 3.45. The lowest BCUT2D eigenvalue weighted by Crippen LogP contribution is -2.44. The van der Waals surface area contributed by atoms with Crippen molar-refractivity contribution in [2.75, 3.05) is 23.6 Å². The van der Waals surface area contributed by atoms with E-state index in [1.54, 1.807) is 6.92 Å². The molecule has 0 saturated carbocycles. The van der Waals surface area contributed by atoms with Crippen LogP contribution < -0.4 is 9.91 Å². The van der Waals surface area contributed by atoms with Crippen molar-refractivity contribution in [3.63, 3.8) is 0 Å². The molecule has 1 aromatic carbocycles. The number of carbonyl (C=O) groups is 2. The standard InChI is InChI=1S/C21H18ClF5N4O3/c1-4-34-20(33)15-9-17(19(32)30(3)16-7-12(22)13(23)8-14(16)24)31(29-15)18-6-11(21(25,26)27)5-10(2)28-18/h5-8,17H,4,9H2,1-3H3. The van der Waals surface area contributed by atoms with Gasteiger partial charge in [-0.05, 0) is 32.0 Å². The highest BCUT2D eigenvalue weighted by Gasteiger charge is 2.41. The van der Waals surface area contributed by atoms with Gasteiger partial charge >= 0.3 is 12.1 Å². The number of hydrazone groups is 1. The Morgan fingerprint density at radius 2 is 1.88 bits per heavy atom. The van der Waals surface area contributed by atoms with Crippen LogP contribution in [-0.4, -0.2) is 42.3 Å². The summed E-state index contributed by atoms with van der Waals surface area (Å²) < 4.78 is 72.8. The van der Waals surface area contributed by atoms with Crippen LogP contribution in [0.4, 0.5) is 33.5 Å². The minimum atomic E-state index is -4.71. The van der Waals surface area contributed by atoms with Crippen molar-refractivity contribution < 1.29 is 36.3 Å². The molecule has 0 spiro atoms. The first-order chi connectivity index (χ1) is 15.8. The van der Waals surface area contributed by atoms with Crippen molar-refractivity contribution in [3.05, 3.63) is 52.2 Å². The number of carbonyl (C=O) groups excluding carboxylic acids is 2. The average Bonchev–Trinajstić information content (AvgIpc) is 3.20. The number of halogens is 6. The monoisotopic (exact) mass is 504 g/mol. The average molecular weight is 505 g/mol. The number of likely N-dealkylation sites (N-methyl/N-ethyl adjacent to an activating group) is 1. The summed E-state index contributed by atoms with van der Waals surface area (Å²) in [6.07, 6.45) is -5.06. The van der Waals surface area contributed by atoms with Gasteiger partial charge in [0.25, 0.3) is 5.91 Å². The van der Waals surface area contributed by atoms with Gasteiger partial charge in [0.2, 0.25) is 0 Å². The Bertz CT molecular complexity index is 1170. The third-order valence-electron chi connectivity index (χ3n) is 4.89. The van der Waals surface area contributed by atoms with Gasteiger partial charge in [-0.1, -0.05) is 11.6 Å². The number of nitrogens with zero attached hydrogens (tertiary/aromatic N) is 4. The van der Waals surface area contributed by atoms with Crippen LogP contribution in [0.5, 0.6) is 0 Å². The Morgan fingerprint density at radius 1 is 1.21 bits per heavy atom. The molecule has 1 amide bonds. The second-order valence-corrected chi connectivity index (χ2v) is 7.71. The van der Waals surface area contributed by atoms with E-state index in [2.05, 4.69) is 10.1 Å². The molecule has 1 atom stereocenters. The maximum absolute atomic E-state index is 14.3. The molecule has 1 aliphatic heterocycles. The zero-order valence-electron chi connectivity index (χ0n) is 18.1. The largest absolute Gasteiger partial charge is 0.461 e. The third kappa shape index (κ3) is 5.11. The first-order valence-corrected chi connectivity index (χ1v) is 10.2. The summed E-state index contributed by atoms with van der Waals surface area (Å²) in [6, 6.07) is 1.51. The van der Waals surface area contributed by atoms with E-state index in [4.69, 9.17) is 16.3 Å². The molecule has 13 heteroatoms. The predicted molar refractivity (Wildman–Crippen MR) is 114 cm³/mol. The number of aromatic nitrogens is 1. The van der Waals surface area contributed by atoms with Crippen molar-refractivity contribution in [1.29, 1.82) is 0 Å². The lowest BCUT2D eigenvalue weighted by atomic mass is 10.1. The van der Waals surface area contributed by atoms with Crippen molar-refractivity contribution in [2.45, 2.75) is 32.5 Å². The number of alkyl halides is 3. The van der Waals surface area contributed by atoms with Gasteiger partial charge in [0, 0.05) is 25.2 Å². The molecule has 1 aromatic heterocycles. The third-order valence-corrected chi connectivity index (χ3v) is 5.18. The van der Waals surface area contributed by atoms with E-state index in [1.165, 1.54) is 14.0 Å². The summed E-state index contributed by atoms with van der Waals surface area (Å²) in [6.45, 7) is 2.86. The van der Waals surface area contributed by atoms with E-state index in [0.29, 0.717) is 12.1 Å². The molecule has 0 aliphatic carbocycles. The van der Waals surface area contributed by atoms with Crippen molar-refractivity contribution in [2.24, 2.45) is 5.10 Å². The first-order valence-electron chi connectivity index (χ1n) is 9.85. The van der Waals surface area contributed by atoms with Crippen molar-refractivity contribution in [1.82, 2.24) is 4.98 Å². The molecule has 0 radical (unpaired) electrons. The number of rotatable bonds is 5. The van der Waals surface area contributed by atoms with Crippen LogP contribution in [0.15, 0.2) is 29.4 Å². The Balaban J connectivity index is 2.05. The van der Waals surface area contributed by atoms with E-state index in [0.717, 1.165) is 22.0 Å². The number of pyridine rings is 1. The molecule has 2 aromatic rings. The molecule has 0 fully saturated rings. The Morgan fingerprint density at radius 3 is 2.50 bits per heavy atom. The topological polar surface area (TPSA) is 75.1 Å². The van der Waals surface area contributed by atoms with Crippen LogP contribution in [0, 0.1) is 18.6 Å². The summed E-state index contributed by atoms with van der Waals surface area (Å²) >= 11 is 5.71. The molecule has 2 heterocycles. The fourth-order valence-electron chi connectivity index (χ4n) is 3.29. The molecular formula is C21H18ClF5N4O3. The van der Waals surface area contributed by atoms with E-state index in [1.807, 2.05) is 0 Å². The number of ether oxygens (including phenoxy) is 1. The van der Waals surface area contributed by atoms with Crippen LogP contribution in [0.3, 0.4) is 0 Å². The fraction of sp³-hybridized carbons (Fsp3) is 0.333. The van der Waals surface area contributed by atoms with Gasteiger partial charge < -0.3 is 9.64 Å². The quantitative estimate of drug-likeness (QED) is 0.340. The van der Waals surface area contributed by atoms with Gasteiger partial charge in [-0.15, -0.1) is 0 Å². The highest BCUT2D eigenvalue weighted by Crippen LogP contribution is 2.34. The summed E-state index contributed by atoms with van der Waals surface area (Å²) in [5.41, 5.74) is -1.66. The van der Waals surface area contributed by atoms with E-state index < -0.39 is 46.3 Å². The molecule has 34 heavy (non-hydrogen) atoms. The summed E-state index contributed by atoms with van der Waals surface area (Å²) in [7, 11) is 1.17. The number of benzene rings is 1. The molecule has 3 rings (SSSR count). The van der Waals surface area contributed by atoms with Crippen LogP contribution in [0.1, 0.15) is 24.6 Å². The van der Waals surface area contributed by atoms with E-state index in [-0.39, 0.29) is 35.9 Å². The molecule has 0 saturated heterocycles. The summed E-state index contributed by atoms with van der Waals surface area (Å²) in [4.78, 5) is 30.3. The number of hydrogen-bond donors (Lipinski definition) is 0. The minimum Gasteiger partial charge on any atom is -0.461 e. The SMILES string of the molecule is CCOC(=O)C1=NN(c2cc(C(F)(F)F)cc(C)n2)C(C(=O)N(C)c2cc(Cl)c(F)cc2F)C1. The Hall–Kier alpha value is -3.28. The van der Waals surface area contributed by atoms with Gasteiger partial charge in [-0.25, -0.2) is 23.6 Å². The molecule has 1 unspecified atom stereocenters. The van der Waals surface area contributed by atoms with Crippen molar-refractivity contribution >= 4 is 40.7 Å². The second-order valence-electron chi connectivity index (χ2n) is 7.30.